The predicted octanol–water partition coefficient (Wildman–Crippen LogP) is 2.73. The lowest BCUT2D eigenvalue weighted by Gasteiger charge is -2.10. The average Bonchev–Trinajstić information content (AvgIpc) is 2.98. The maximum atomic E-state index is 12.4. The van der Waals surface area contributed by atoms with Crippen LogP contribution in [0.15, 0.2) is 42.7 Å². The van der Waals surface area contributed by atoms with Gasteiger partial charge in [0.05, 0.1) is 6.54 Å². The largest absolute Gasteiger partial charge is 0.434 e. The van der Waals surface area contributed by atoms with Gasteiger partial charge in [-0.2, -0.15) is 8.78 Å². The first-order valence-corrected chi connectivity index (χ1v) is 6.55. The molecule has 1 heterocycles. The first kappa shape index (κ1) is 15.7. The highest BCUT2D eigenvalue weighted by Gasteiger charge is 2.11. The van der Waals surface area contributed by atoms with E-state index in [4.69, 9.17) is 0 Å². The fourth-order valence-corrected chi connectivity index (χ4v) is 1.88. The van der Waals surface area contributed by atoms with E-state index in [9.17, 15) is 13.6 Å². The highest BCUT2D eigenvalue weighted by atomic mass is 19.3. The number of nitrogens with one attached hydrogen (secondary N) is 2. The van der Waals surface area contributed by atoms with Gasteiger partial charge in [-0.1, -0.05) is 18.2 Å². The number of carbonyl (C=O) groups excluding carboxylic acids is 1. The molecule has 0 saturated heterocycles. The molecule has 0 radical (unpaired) electrons. The smallest absolute Gasteiger partial charge is 0.387 e. The molecule has 0 aliphatic heterocycles. The lowest BCUT2D eigenvalue weighted by Crippen LogP contribution is -2.21. The van der Waals surface area contributed by atoms with Crippen molar-refractivity contribution in [3.05, 3.63) is 54.1 Å². The molecule has 0 unspecified atom stereocenters. The number of ether oxygens (including phenoxy) is 1. The molecule has 5 nitrogen and oxygen atoms in total. The molecule has 0 atom stereocenters. The second-order valence-corrected chi connectivity index (χ2v) is 4.46. The summed E-state index contributed by atoms with van der Waals surface area (Å²) in [6.45, 7) is -1.01. The van der Waals surface area contributed by atoms with Gasteiger partial charge in [0, 0.05) is 24.0 Å². The number of H-pyrrole nitrogens is 1. The molecule has 22 heavy (non-hydrogen) atoms. The molecule has 0 saturated carbocycles. The van der Waals surface area contributed by atoms with Crippen molar-refractivity contribution in [2.75, 3.05) is 0 Å². The number of allylic oxidation sites excluding steroid dienone is 1. The molecule has 2 rings (SSSR count). The van der Waals surface area contributed by atoms with Crippen molar-refractivity contribution in [1.82, 2.24) is 15.3 Å². The van der Waals surface area contributed by atoms with Crippen molar-refractivity contribution in [3.63, 3.8) is 0 Å². The Balaban J connectivity index is 2.06. The molecule has 0 bridgehead atoms. The van der Waals surface area contributed by atoms with Crippen LogP contribution in [0.3, 0.4) is 0 Å². The summed E-state index contributed by atoms with van der Waals surface area (Å²) in [5.41, 5.74) is 0.962. The summed E-state index contributed by atoms with van der Waals surface area (Å²) < 4.78 is 29.2. The number of benzene rings is 1. The number of carbonyl (C=O) groups is 1. The molecule has 7 heteroatoms. The minimum absolute atomic E-state index is 0.0325. The molecule has 1 aromatic heterocycles. The number of aromatic amines is 1. The average molecular weight is 307 g/mol. The van der Waals surface area contributed by atoms with Crippen LogP contribution in [0.1, 0.15) is 18.3 Å². The van der Waals surface area contributed by atoms with E-state index in [-0.39, 0.29) is 18.2 Å². The van der Waals surface area contributed by atoms with Crippen molar-refractivity contribution >= 4 is 11.5 Å². The van der Waals surface area contributed by atoms with E-state index >= 15 is 0 Å². The number of aromatic nitrogens is 2. The Hall–Kier alpha value is -2.70. The third-order valence-corrected chi connectivity index (χ3v) is 2.86. The fourth-order valence-electron chi connectivity index (χ4n) is 1.88. The van der Waals surface area contributed by atoms with Gasteiger partial charge >= 0.3 is 6.61 Å². The van der Waals surface area contributed by atoms with Crippen LogP contribution in [0.25, 0.3) is 5.57 Å². The van der Waals surface area contributed by atoms with Gasteiger partial charge in [0.1, 0.15) is 11.6 Å². The van der Waals surface area contributed by atoms with Crippen LogP contribution in [-0.4, -0.2) is 22.5 Å². The summed E-state index contributed by atoms with van der Waals surface area (Å²) in [6, 6.07) is 6.32. The molecular weight excluding hydrogens is 292 g/mol. The molecule has 0 fully saturated rings. The van der Waals surface area contributed by atoms with Gasteiger partial charge in [-0.25, -0.2) is 4.98 Å². The zero-order valence-electron chi connectivity index (χ0n) is 11.8. The number of nitrogens with zero attached hydrogens (tertiary/aromatic N) is 1. The molecule has 2 N–H and O–H groups in total. The van der Waals surface area contributed by atoms with Crippen LogP contribution in [0.2, 0.25) is 0 Å². The Morgan fingerprint density at radius 3 is 2.91 bits per heavy atom. The standard InChI is InChI=1S/C15H15F2N3O2/c1-10(8-14(21)20-9-13-18-6-7-19-13)11-4-2-3-5-12(11)22-15(16)17/h2-8,15H,9H2,1H3,(H,18,19)(H,20,21)/b10-8+. The summed E-state index contributed by atoms with van der Waals surface area (Å²) in [4.78, 5) is 18.7. The number of hydrogen-bond acceptors (Lipinski definition) is 3. The number of alkyl halides is 2. The molecule has 0 spiro atoms. The first-order chi connectivity index (χ1) is 10.6. The van der Waals surface area contributed by atoms with E-state index in [1.807, 2.05) is 0 Å². The van der Waals surface area contributed by atoms with Gasteiger partial charge < -0.3 is 15.0 Å². The number of rotatable bonds is 6. The summed E-state index contributed by atoms with van der Waals surface area (Å²) in [6.07, 6.45) is 4.57. The van der Waals surface area contributed by atoms with Crippen molar-refractivity contribution in [1.29, 1.82) is 0 Å². The van der Waals surface area contributed by atoms with Gasteiger partial charge in [0.2, 0.25) is 5.91 Å². The molecular formula is C15H15F2N3O2. The van der Waals surface area contributed by atoms with E-state index in [0.717, 1.165) is 0 Å². The molecule has 0 aliphatic rings. The quantitative estimate of drug-likeness (QED) is 0.806. The van der Waals surface area contributed by atoms with Crippen LogP contribution in [0.4, 0.5) is 8.78 Å². The Bertz CT molecular complexity index is 655. The van der Waals surface area contributed by atoms with Crippen LogP contribution >= 0.6 is 0 Å². The molecule has 2 aromatic rings. The van der Waals surface area contributed by atoms with Crippen molar-refractivity contribution in [2.45, 2.75) is 20.1 Å². The summed E-state index contributed by atoms with van der Waals surface area (Å²) in [7, 11) is 0. The number of halogens is 2. The van der Waals surface area contributed by atoms with E-state index in [0.29, 0.717) is 17.0 Å². The van der Waals surface area contributed by atoms with E-state index in [1.165, 1.54) is 12.1 Å². The predicted molar refractivity (Wildman–Crippen MR) is 77.2 cm³/mol. The van der Waals surface area contributed by atoms with Crippen LogP contribution in [-0.2, 0) is 11.3 Å². The third kappa shape index (κ3) is 4.41. The zero-order chi connectivity index (χ0) is 15.9. The Kier molecular flexibility index (Phi) is 5.24. The third-order valence-electron chi connectivity index (χ3n) is 2.86. The molecule has 116 valence electrons. The number of imidazole rings is 1. The molecule has 0 aliphatic carbocycles. The topological polar surface area (TPSA) is 67.0 Å². The highest BCUT2D eigenvalue weighted by Crippen LogP contribution is 2.26. The van der Waals surface area contributed by atoms with Gasteiger partial charge in [0.25, 0.3) is 0 Å². The van der Waals surface area contributed by atoms with Gasteiger partial charge in [-0.3, -0.25) is 4.79 Å². The molecule has 1 aromatic carbocycles. The second kappa shape index (κ2) is 7.35. The summed E-state index contributed by atoms with van der Waals surface area (Å²) in [5, 5.41) is 2.65. The fraction of sp³-hybridized carbons (Fsp3) is 0.200. The van der Waals surface area contributed by atoms with Crippen LogP contribution in [0.5, 0.6) is 5.75 Å². The Labute approximate surface area is 126 Å². The highest BCUT2D eigenvalue weighted by molar-refractivity contribution is 5.95. The summed E-state index contributed by atoms with van der Waals surface area (Å²) in [5.74, 6) is 0.312. The monoisotopic (exact) mass is 307 g/mol. The minimum Gasteiger partial charge on any atom is -0.434 e. The number of amides is 1. The maximum Gasteiger partial charge on any atom is 0.387 e. The SMILES string of the molecule is C/C(=C\C(=O)NCc1ncc[nH]1)c1ccccc1OC(F)F. The van der Waals surface area contributed by atoms with E-state index < -0.39 is 6.61 Å². The van der Waals surface area contributed by atoms with Crippen LogP contribution in [0, 0.1) is 0 Å². The van der Waals surface area contributed by atoms with Gasteiger partial charge in [-0.05, 0) is 18.6 Å². The summed E-state index contributed by atoms with van der Waals surface area (Å²) >= 11 is 0. The van der Waals surface area contributed by atoms with Gasteiger partial charge in [-0.15, -0.1) is 0 Å². The normalized spacial score (nSPS) is 11.5. The second-order valence-electron chi connectivity index (χ2n) is 4.46. The van der Waals surface area contributed by atoms with E-state index in [1.54, 1.807) is 37.5 Å². The minimum atomic E-state index is -2.92. The van der Waals surface area contributed by atoms with Gasteiger partial charge in [0.15, 0.2) is 0 Å². The van der Waals surface area contributed by atoms with Crippen molar-refractivity contribution < 1.29 is 18.3 Å². The number of para-hydroxylation sites is 1. The van der Waals surface area contributed by atoms with Crippen molar-refractivity contribution in [3.8, 4) is 5.75 Å². The molecule has 1 amide bonds. The van der Waals surface area contributed by atoms with E-state index in [2.05, 4.69) is 20.0 Å². The van der Waals surface area contributed by atoms with Crippen LogP contribution < -0.4 is 10.1 Å². The number of hydrogen-bond donors (Lipinski definition) is 2. The Morgan fingerprint density at radius 2 is 2.23 bits per heavy atom. The lowest BCUT2D eigenvalue weighted by atomic mass is 10.1. The maximum absolute atomic E-state index is 12.4. The lowest BCUT2D eigenvalue weighted by molar-refractivity contribution is -0.116. The van der Waals surface area contributed by atoms with Crippen molar-refractivity contribution in [2.24, 2.45) is 0 Å². The first-order valence-electron chi connectivity index (χ1n) is 6.55. The zero-order valence-corrected chi connectivity index (χ0v) is 11.8. The Morgan fingerprint density at radius 1 is 1.45 bits per heavy atom.